The van der Waals surface area contributed by atoms with Crippen LogP contribution >= 0.6 is 0 Å². The number of carbonyl (C=O) groups is 1. The Labute approximate surface area is 139 Å². The van der Waals surface area contributed by atoms with Crippen molar-refractivity contribution in [2.24, 2.45) is 0 Å². The predicted molar refractivity (Wildman–Crippen MR) is 91.8 cm³/mol. The van der Waals surface area contributed by atoms with E-state index >= 15 is 0 Å². The van der Waals surface area contributed by atoms with E-state index in [1.54, 1.807) is 0 Å². The molecule has 2 fully saturated rings. The molecule has 3 rings (SSSR count). The summed E-state index contributed by atoms with van der Waals surface area (Å²) in [6, 6.07) is 0.555. The molecule has 0 saturated carbocycles. The third-order valence-electron chi connectivity index (χ3n) is 5.27. The second-order valence-corrected chi connectivity index (χ2v) is 8.07. The summed E-state index contributed by atoms with van der Waals surface area (Å²) in [5.41, 5.74) is 2.55. The molecule has 5 nitrogen and oxygen atoms in total. The van der Waals surface area contributed by atoms with E-state index in [0.29, 0.717) is 6.04 Å². The molecule has 1 amide bonds. The van der Waals surface area contributed by atoms with Crippen molar-refractivity contribution >= 4 is 5.91 Å². The minimum Gasteiger partial charge on any atom is -0.336 e. The number of rotatable bonds is 1. The van der Waals surface area contributed by atoms with Crippen molar-refractivity contribution < 1.29 is 4.79 Å². The van der Waals surface area contributed by atoms with E-state index in [-0.39, 0.29) is 11.4 Å². The van der Waals surface area contributed by atoms with Crippen LogP contribution in [0.4, 0.5) is 0 Å². The number of aromatic nitrogens is 2. The molecule has 23 heavy (non-hydrogen) atoms. The Bertz CT molecular complexity index is 599. The Kier molecular flexibility index (Phi) is 4.25. The van der Waals surface area contributed by atoms with Gasteiger partial charge in [-0.3, -0.25) is 14.4 Å². The standard InChI is InChI=1S/C18H30N4O/c1-13-16(14(2)22(19-13)18(3,4)5)17(23)21-11-10-20-9-7-6-8-15(20)12-21/h15H,6-12H2,1-5H3. The summed E-state index contributed by atoms with van der Waals surface area (Å²) >= 11 is 0. The second kappa shape index (κ2) is 5.93. The Balaban J connectivity index is 1.82. The van der Waals surface area contributed by atoms with E-state index in [0.717, 1.165) is 36.6 Å². The van der Waals surface area contributed by atoms with Crippen molar-refractivity contribution in [3.63, 3.8) is 0 Å². The highest BCUT2D eigenvalue weighted by Crippen LogP contribution is 2.25. The van der Waals surface area contributed by atoms with E-state index in [2.05, 4.69) is 35.7 Å². The van der Waals surface area contributed by atoms with Crippen molar-refractivity contribution in [2.75, 3.05) is 26.2 Å². The molecule has 0 radical (unpaired) electrons. The van der Waals surface area contributed by atoms with E-state index in [1.165, 1.54) is 25.8 Å². The van der Waals surface area contributed by atoms with Crippen molar-refractivity contribution in [1.29, 1.82) is 0 Å². The van der Waals surface area contributed by atoms with Crippen LogP contribution in [0, 0.1) is 13.8 Å². The number of carbonyl (C=O) groups excluding carboxylic acids is 1. The Hall–Kier alpha value is -1.36. The molecule has 1 atom stereocenters. The molecule has 2 saturated heterocycles. The number of fused-ring (bicyclic) bond motifs is 1. The highest BCUT2D eigenvalue weighted by atomic mass is 16.2. The van der Waals surface area contributed by atoms with Crippen molar-refractivity contribution in [1.82, 2.24) is 19.6 Å². The summed E-state index contributed by atoms with van der Waals surface area (Å²) in [6.45, 7) is 14.3. The van der Waals surface area contributed by atoms with E-state index in [9.17, 15) is 4.79 Å². The minimum atomic E-state index is -0.102. The molecule has 0 aliphatic carbocycles. The highest BCUT2D eigenvalue weighted by Gasteiger charge is 2.34. The van der Waals surface area contributed by atoms with Gasteiger partial charge in [-0.1, -0.05) is 6.42 Å². The van der Waals surface area contributed by atoms with Gasteiger partial charge < -0.3 is 4.90 Å². The molecular weight excluding hydrogens is 288 g/mol. The molecular formula is C18H30N4O. The summed E-state index contributed by atoms with van der Waals surface area (Å²) in [5, 5.41) is 4.64. The Morgan fingerprint density at radius 2 is 1.87 bits per heavy atom. The number of nitrogens with zero attached hydrogens (tertiary/aromatic N) is 4. The van der Waals surface area contributed by atoms with Crippen molar-refractivity contribution in [2.45, 2.75) is 65.5 Å². The number of aryl methyl sites for hydroxylation is 1. The van der Waals surface area contributed by atoms with Gasteiger partial charge in [-0.05, 0) is 54.0 Å². The Morgan fingerprint density at radius 3 is 2.52 bits per heavy atom. The van der Waals surface area contributed by atoms with Gasteiger partial charge in [-0.15, -0.1) is 0 Å². The first kappa shape index (κ1) is 16.5. The molecule has 5 heteroatoms. The molecule has 0 spiro atoms. The fourth-order valence-electron chi connectivity index (χ4n) is 4.10. The Morgan fingerprint density at radius 1 is 1.13 bits per heavy atom. The van der Waals surface area contributed by atoms with E-state index < -0.39 is 0 Å². The lowest BCUT2D eigenvalue weighted by Gasteiger charge is -2.44. The van der Waals surface area contributed by atoms with Crippen LogP contribution in [0.1, 0.15) is 61.8 Å². The summed E-state index contributed by atoms with van der Waals surface area (Å²) in [5.74, 6) is 0.167. The zero-order valence-corrected chi connectivity index (χ0v) is 15.2. The van der Waals surface area contributed by atoms with Gasteiger partial charge in [0.2, 0.25) is 0 Å². The molecule has 128 valence electrons. The maximum absolute atomic E-state index is 13.1. The number of hydrogen-bond donors (Lipinski definition) is 0. The summed E-state index contributed by atoms with van der Waals surface area (Å²) in [7, 11) is 0. The van der Waals surface area contributed by atoms with Gasteiger partial charge >= 0.3 is 0 Å². The van der Waals surface area contributed by atoms with Gasteiger partial charge in [0, 0.05) is 31.4 Å². The van der Waals surface area contributed by atoms with Crippen molar-refractivity contribution in [3.8, 4) is 0 Å². The maximum atomic E-state index is 13.1. The molecule has 3 heterocycles. The lowest BCUT2D eigenvalue weighted by atomic mass is 9.99. The quantitative estimate of drug-likeness (QED) is 0.799. The second-order valence-electron chi connectivity index (χ2n) is 8.07. The first-order valence-corrected chi connectivity index (χ1v) is 8.89. The minimum absolute atomic E-state index is 0.102. The molecule has 1 aromatic rings. The van der Waals surface area contributed by atoms with Gasteiger partial charge in [0.25, 0.3) is 5.91 Å². The highest BCUT2D eigenvalue weighted by molar-refractivity contribution is 5.96. The lowest BCUT2D eigenvalue weighted by Crippen LogP contribution is -2.56. The molecule has 0 bridgehead atoms. The van der Waals surface area contributed by atoms with Gasteiger partial charge in [0.05, 0.1) is 16.8 Å². The largest absolute Gasteiger partial charge is 0.336 e. The van der Waals surface area contributed by atoms with Crippen LogP contribution in [-0.4, -0.2) is 57.7 Å². The smallest absolute Gasteiger partial charge is 0.257 e. The van der Waals surface area contributed by atoms with Gasteiger partial charge in [0.15, 0.2) is 0 Å². The third-order valence-corrected chi connectivity index (χ3v) is 5.27. The maximum Gasteiger partial charge on any atom is 0.257 e. The van der Waals surface area contributed by atoms with Crippen LogP contribution in [0.3, 0.4) is 0 Å². The van der Waals surface area contributed by atoms with E-state index in [4.69, 9.17) is 0 Å². The molecule has 2 aliphatic rings. The predicted octanol–water partition coefficient (Wildman–Crippen LogP) is 2.57. The molecule has 1 unspecified atom stereocenters. The lowest BCUT2D eigenvalue weighted by molar-refractivity contribution is 0.0371. The van der Waals surface area contributed by atoms with Crippen molar-refractivity contribution in [3.05, 3.63) is 17.0 Å². The number of piperazine rings is 1. The first-order valence-electron chi connectivity index (χ1n) is 8.89. The van der Waals surface area contributed by atoms with Crippen LogP contribution in [0.25, 0.3) is 0 Å². The van der Waals surface area contributed by atoms with Crippen LogP contribution in [-0.2, 0) is 5.54 Å². The average molecular weight is 318 g/mol. The topological polar surface area (TPSA) is 41.4 Å². The monoisotopic (exact) mass is 318 g/mol. The summed E-state index contributed by atoms with van der Waals surface area (Å²) in [4.78, 5) is 17.7. The average Bonchev–Trinajstić information content (AvgIpc) is 2.81. The fraction of sp³-hybridized carbons (Fsp3) is 0.778. The first-order chi connectivity index (χ1) is 10.8. The zero-order valence-electron chi connectivity index (χ0n) is 15.2. The SMILES string of the molecule is Cc1nn(C(C)(C)C)c(C)c1C(=O)N1CCN2CCCCC2C1. The van der Waals surface area contributed by atoms with Gasteiger partial charge in [-0.2, -0.15) is 5.10 Å². The zero-order chi connectivity index (χ0) is 16.8. The number of amides is 1. The molecule has 0 aromatic carbocycles. The summed E-state index contributed by atoms with van der Waals surface area (Å²) in [6.07, 6.45) is 3.83. The van der Waals surface area contributed by atoms with E-state index in [1.807, 2.05) is 18.5 Å². The van der Waals surface area contributed by atoms with Crippen LogP contribution in [0.15, 0.2) is 0 Å². The van der Waals surface area contributed by atoms with Crippen LogP contribution in [0.5, 0.6) is 0 Å². The molecule has 2 aliphatic heterocycles. The molecule has 0 N–H and O–H groups in total. The normalized spacial score (nSPS) is 23.0. The van der Waals surface area contributed by atoms with Crippen LogP contribution in [0.2, 0.25) is 0 Å². The molecule has 1 aromatic heterocycles. The summed E-state index contributed by atoms with van der Waals surface area (Å²) < 4.78 is 1.99. The third kappa shape index (κ3) is 3.03. The van der Waals surface area contributed by atoms with Gasteiger partial charge in [-0.25, -0.2) is 0 Å². The number of piperidine rings is 1. The van der Waals surface area contributed by atoms with Crippen LogP contribution < -0.4 is 0 Å². The number of hydrogen-bond acceptors (Lipinski definition) is 3. The fourth-order valence-corrected chi connectivity index (χ4v) is 4.10. The van der Waals surface area contributed by atoms with Gasteiger partial charge in [0.1, 0.15) is 0 Å².